The Balaban J connectivity index is 2.13. The quantitative estimate of drug-likeness (QED) is 0.640. The van der Waals surface area contributed by atoms with Crippen molar-refractivity contribution in [1.82, 2.24) is 4.98 Å². The molecule has 1 aliphatic rings. The lowest BCUT2D eigenvalue weighted by Crippen LogP contribution is -1.78. The molecular formula is C8H10ClNO. The Bertz CT molecular complexity index is 258. The maximum Gasteiger partial charge on any atom is 0.197 e. The predicted octanol–water partition coefficient (Wildman–Crippen LogP) is 2.54. The van der Waals surface area contributed by atoms with Gasteiger partial charge in [-0.15, -0.1) is 11.6 Å². The van der Waals surface area contributed by atoms with E-state index in [1.165, 1.54) is 6.42 Å². The highest BCUT2D eigenvalue weighted by Gasteiger charge is 2.37. The van der Waals surface area contributed by atoms with Gasteiger partial charge >= 0.3 is 0 Å². The average Bonchev–Trinajstić information content (AvgIpc) is 2.59. The molecular weight excluding hydrogens is 162 g/mol. The molecule has 1 fully saturated rings. The first-order chi connectivity index (χ1) is 5.31. The SMILES string of the molecule is C[C@@H]1C[C@@H]1c1ncc(CCl)o1. The molecule has 0 unspecified atom stereocenters. The van der Waals surface area contributed by atoms with Crippen LogP contribution in [0.2, 0.25) is 0 Å². The van der Waals surface area contributed by atoms with Crippen LogP contribution in [0, 0.1) is 5.92 Å². The number of aromatic nitrogens is 1. The Morgan fingerprint density at radius 1 is 1.82 bits per heavy atom. The van der Waals surface area contributed by atoms with Crippen LogP contribution in [-0.2, 0) is 5.88 Å². The first-order valence-electron chi connectivity index (χ1n) is 3.82. The zero-order valence-electron chi connectivity index (χ0n) is 6.38. The fourth-order valence-electron chi connectivity index (χ4n) is 1.22. The zero-order chi connectivity index (χ0) is 7.84. The second-order valence-corrected chi connectivity index (χ2v) is 3.39. The van der Waals surface area contributed by atoms with E-state index >= 15 is 0 Å². The fraction of sp³-hybridized carbons (Fsp3) is 0.625. The summed E-state index contributed by atoms with van der Waals surface area (Å²) in [5.41, 5.74) is 0. The van der Waals surface area contributed by atoms with Crippen LogP contribution < -0.4 is 0 Å². The molecule has 0 aliphatic heterocycles. The summed E-state index contributed by atoms with van der Waals surface area (Å²) in [6, 6.07) is 0. The monoisotopic (exact) mass is 171 g/mol. The van der Waals surface area contributed by atoms with E-state index in [-0.39, 0.29) is 0 Å². The topological polar surface area (TPSA) is 26.0 Å². The van der Waals surface area contributed by atoms with Crippen molar-refractivity contribution in [2.24, 2.45) is 5.92 Å². The van der Waals surface area contributed by atoms with E-state index < -0.39 is 0 Å². The van der Waals surface area contributed by atoms with Crippen LogP contribution in [0.1, 0.15) is 30.9 Å². The largest absolute Gasteiger partial charge is 0.444 e. The van der Waals surface area contributed by atoms with Gasteiger partial charge in [-0.1, -0.05) is 6.92 Å². The number of hydrogen-bond acceptors (Lipinski definition) is 2. The van der Waals surface area contributed by atoms with Crippen LogP contribution in [0.25, 0.3) is 0 Å². The second kappa shape index (κ2) is 2.52. The lowest BCUT2D eigenvalue weighted by molar-refractivity contribution is 0.464. The number of nitrogens with zero attached hydrogens (tertiary/aromatic N) is 1. The van der Waals surface area contributed by atoms with Crippen molar-refractivity contribution in [3.8, 4) is 0 Å². The summed E-state index contributed by atoms with van der Waals surface area (Å²) in [5.74, 6) is 3.38. The van der Waals surface area contributed by atoms with Crippen LogP contribution >= 0.6 is 11.6 Å². The average molecular weight is 172 g/mol. The van der Waals surface area contributed by atoms with Gasteiger partial charge in [-0.25, -0.2) is 4.98 Å². The molecule has 1 aromatic heterocycles. The molecule has 60 valence electrons. The summed E-state index contributed by atoms with van der Waals surface area (Å²) in [5, 5.41) is 0. The van der Waals surface area contributed by atoms with Crippen molar-refractivity contribution < 1.29 is 4.42 Å². The molecule has 1 aromatic rings. The highest BCUT2D eigenvalue weighted by atomic mass is 35.5. The molecule has 1 saturated carbocycles. The number of rotatable bonds is 2. The second-order valence-electron chi connectivity index (χ2n) is 3.12. The molecule has 2 rings (SSSR count). The van der Waals surface area contributed by atoms with E-state index in [2.05, 4.69) is 11.9 Å². The molecule has 2 atom stereocenters. The predicted molar refractivity (Wildman–Crippen MR) is 42.6 cm³/mol. The van der Waals surface area contributed by atoms with Crippen molar-refractivity contribution in [1.29, 1.82) is 0 Å². The van der Waals surface area contributed by atoms with Gasteiger partial charge in [-0.2, -0.15) is 0 Å². The minimum atomic E-state index is 0.425. The number of alkyl halides is 1. The molecule has 11 heavy (non-hydrogen) atoms. The van der Waals surface area contributed by atoms with Gasteiger partial charge in [0.2, 0.25) is 0 Å². The van der Waals surface area contributed by atoms with E-state index in [4.69, 9.17) is 16.0 Å². The molecule has 0 saturated heterocycles. The van der Waals surface area contributed by atoms with Crippen molar-refractivity contribution in [2.45, 2.75) is 25.1 Å². The van der Waals surface area contributed by atoms with Gasteiger partial charge in [0.05, 0.1) is 12.1 Å². The van der Waals surface area contributed by atoms with Crippen LogP contribution in [0.3, 0.4) is 0 Å². The standard InChI is InChI=1S/C8H10ClNO/c1-5-2-7(5)8-10-4-6(3-9)11-8/h4-5,7H,2-3H2,1H3/t5-,7+/m1/s1. The van der Waals surface area contributed by atoms with Crippen LogP contribution in [-0.4, -0.2) is 4.98 Å². The summed E-state index contributed by atoms with van der Waals surface area (Å²) in [6.07, 6.45) is 2.93. The number of halogens is 1. The van der Waals surface area contributed by atoms with Crippen molar-refractivity contribution in [3.05, 3.63) is 17.8 Å². The van der Waals surface area contributed by atoms with E-state index in [9.17, 15) is 0 Å². The maximum absolute atomic E-state index is 5.57. The van der Waals surface area contributed by atoms with E-state index in [0.717, 1.165) is 17.6 Å². The minimum absolute atomic E-state index is 0.425. The molecule has 3 heteroatoms. The van der Waals surface area contributed by atoms with Gasteiger partial charge in [0, 0.05) is 5.92 Å². The highest BCUT2D eigenvalue weighted by Crippen LogP contribution is 2.46. The molecule has 1 heterocycles. The van der Waals surface area contributed by atoms with E-state index in [1.807, 2.05) is 0 Å². The third kappa shape index (κ3) is 1.27. The fourth-order valence-corrected chi connectivity index (χ4v) is 1.35. The molecule has 0 spiro atoms. The van der Waals surface area contributed by atoms with Gasteiger partial charge in [0.1, 0.15) is 5.76 Å². The maximum atomic E-state index is 5.57. The summed E-state index contributed by atoms with van der Waals surface area (Å²) < 4.78 is 5.38. The van der Waals surface area contributed by atoms with Gasteiger partial charge in [-0.05, 0) is 12.3 Å². The smallest absolute Gasteiger partial charge is 0.197 e. The highest BCUT2D eigenvalue weighted by molar-refractivity contribution is 6.16. The lowest BCUT2D eigenvalue weighted by Gasteiger charge is -1.87. The summed E-state index contributed by atoms with van der Waals surface area (Å²) in [6.45, 7) is 2.20. The van der Waals surface area contributed by atoms with E-state index in [0.29, 0.717) is 11.8 Å². The Morgan fingerprint density at radius 2 is 2.55 bits per heavy atom. The first kappa shape index (κ1) is 7.17. The number of oxazole rings is 1. The van der Waals surface area contributed by atoms with Crippen LogP contribution in [0.15, 0.2) is 10.6 Å². The summed E-state index contributed by atoms with van der Waals surface area (Å²) >= 11 is 5.57. The zero-order valence-corrected chi connectivity index (χ0v) is 7.14. The minimum Gasteiger partial charge on any atom is -0.444 e. The van der Waals surface area contributed by atoms with Gasteiger partial charge in [0.15, 0.2) is 5.89 Å². The van der Waals surface area contributed by atoms with E-state index in [1.54, 1.807) is 6.20 Å². The molecule has 0 bridgehead atoms. The van der Waals surface area contributed by atoms with Gasteiger partial charge < -0.3 is 4.42 Å². The first-order valence-corrected chi connectivity index (χ1v) is 4.35. The molecule has 2 nitrogen and oxygen atoms in total. The third-order valence-corrected chi connectivity index (χ3v) is 2.39. The van der Waals surface area contributed by atoms with Crippen molar-refractivity contribution >= 4 is 11.6 Å². The third-order valence-electron chi connectivity index (χ3n) is 2.13. The lowest BCUT2D eigenvalue weighted by atomic mass is 10.3. The summed E-state index contributed by atoms with van der Waals surface area (Å²) in [7, 11) is 0. The van der Waals surface area contributed by atoms with Crippen LogP contribution in [0.5, 0.6) is 0 Å². The molecule has 1 aliphatic carbocycles. The Hall–Kier alpha value is -0.500. The van der Waals surface area contributed by atoms with Crippen LogP contribution in [0.4, 0.5) is 0 Å². The Kier molecular flexibility index (Phi) is 1.64. The Morgan fingerprint density at radius 3 is 3.00 bits per heavy atom. The van der Waals surface area contributed by atoms with Crippen molar-refractivity contribution in [3.63, 3.8) is 0 Å². The molecule has 0 aromatic carbocycles. The molecule has 0 N–H and O–H groups in total. The number of hydrogen-bond donors (Lipinski definition) is 0. The summed E-state index contributed by atoms with van der Waals surface area (Å²) in [4.78, 5) is 4.15. The van der Waals surface area contributed by atoms with Gasteiger partial charge in [0.25, 0.3) is 0 Å². The van der Waals surface area contributed by atoms with Gasteiger partial charge in [-0.3, -0.25) is 0 Å². The normalized spacial score (nSPS) is 28.9. The van der Waals surface area contributed by atoms with Crippen molar-refractivity contribution in [2.75, 3.05) is 0 Å². The molecule has 0 amide bonds. The Labute approximate surface area is 70.6 Å². The molecule has 0 radical (unpaired) electrons.